The van der Waals surface area contributed by atoms with Crippen LogP contribution in [-0.4, -0.2) is 49.0 Å². The van der Waals surface area contributed by atoms with E-state index in [4.69, 9.17) is 16.1 Å². The summed E-state index contributed by atoms with van der Waals surface area (Å²) in [5.41, 5.74) is 1.17. The summed E-state index contributed by atoms with van der Waals surface area (Å²) in [5.74, 6) is 0.291. The van der Waals surface area contributed by atoms with Crippen molar-refractivity contribution >= 4 is 21.6 Å². The number of benzene rings is 1. The lowest BCUT2D eigenvalue weighted by Crippen LogP contribution is -2.49. The van der Waals surface area contributed by atoms with Crippen LogP contribution in [0.2, 0.25) is 5.02 Å². The third-order valence-electron chi connectivity index (χ3n) is 4.49. The summed E-state index contributed by atoms with van der Waals surface area (Å²) in [7, 11) is -3.66. The van der Waals surface area contributed by atoms with Crippen LogP contribution in [0.25, 0.3) is 0 Å². The first-order chi connectivity index (χ1) is 12.3. The first kappa shape index (κ1) is 18.9. The molecule has 26 heavy (non-hydrogen) atoms. The molecule has 138 valence electrons. The predicted molar refractivity (Wildman–Crippen MR) is 96.1 cm³/mol. The second kappa shape index (κ2) is 7.37. The minimum atomic E-state index is -3.66. The van der Waals surface area contributed by atoms with Crippen molar-refractivity contribution in [2.75, 3.05) is 26.2 Å². The fraction of sp³-hybridized carbons (Fsp3) is 0.412. The first-order valence-corrected chi connectivity index (χ1v) is 9.98. The summed E-state index contributed by atoms with van der Waals surface area (Å²) >= 11 is 6.02. The van der Waals surface area contributed by atoms with E-state index in [1.165, 1.54) is 4.31 Å². The van der Waals surface area contributed by atoms with Crippen molar-refractivity contribution in [1.29, 1.82) is 5.26 Å². The molecule has 9 heteroatoms. The van der Waals surface area contributed by atoms with Crippen LogP contribution < -0.4 is 0 Å². The summed E-state index contributed by atoms with van der Waals surface area (Å²) in [5, 5.41) is 13.9. The van der Waals surface area contributed by atoms with E-state index >= 15 is 0 Å². The van der Waals surface area contributed by atoms with Crippen molar-refractivity contribution in [1.82, 2.24) is 14.4 Å². The number of aryl methyl sites for hydroxylation is 2. The fourth-order valence-electron chi connectivity index (χ4n) is 3.22. The summed E-state index contributed by atoms with van der Waals surface area (Å²) in [6.45, 7) is 4.70. The van der Waals surface area contributed by atoms with Crippen molar-refractivity contribution < 1.29 is 12.9 Å². The molecule has 1 aromatic carbocycles. The number of sulfonamides is 1. The van der Waals surface area contributed by atoms with Gasteiger partial charge >= 0.3 is 0 Å². The highest BCUT2D eigenvalue weighted by atomic mass is 35.5. The van der Waals surface area contributed by atoms with Gasteiger partial charge in [-0.3, -0.25) is 4.90 Å². The van der Waals surface area contributed by atoms with Gasteiger partial charge in [0.15, 0.2) is 5.76 Å². The number of halogens is 1. The Kier molecular flexibility index (Phi) is 5.34. The Labute approximate surface area is 157 Å². The van der Waals surface area contributed by atoms with Gasteiger partial charge in [-0.2, -0.15) is 9.57 Å². The van der Waals surface area contributed by atoms with Crippen molar-refractivity contribution in [2.45, 2.75) is 24.8 Å². The van der Waals surface area contributed by atoms with Crippen molar-refractivity contribution in [3.05, 3.63) is 46.3 Å². The van der Waals surface area contributed by atoms with Gasteiger partial charge in [-0.05, 0) is 31.5 Å². The van der Waals surface area contributed by atoms with E-state index in [1.54, 1.807) is 32.0 Å². The molecule has 0 bridgehead atoms. The van der Waals surface area contributed by atoms with Gasteiger partial charge in [0, 0.05) is 31.2 Å². The normalized spacial score (nSPS) is 17.8. The lowest BCUT2D eigenvalue weighted by Gasteiger charge is -2.36. The molecule has 7 nitrogen and oxygen atoms in total. The van der Waals surface area contributed by atoms with E-state index in [1.807, 2.05) is 11.0 Å². The Morgan fingerprint density at radius 2 is 1.96 bits per heavy atom. The van der Waals surface area contributed by atoms with E-state index in [0.717, 1.165) is 5.56 Å². The second-order valence-corrected chi connectivity index (χ2v) is 8.49. The SMILES string of the molecule is Cc1noc(C)c1S(=O)(=O)N1CCN(C(C#N)c2cccc(Cl)c2)CC1. The van der Waals surface area contributed by atoms with Crippen LogP contribution in [0.1, 0.15) is 23.1 Å². The summed E-state index contributed by atoms with van der Waals surface area (Å²) < 4.78 is 32.2. The number of aromatic nitrogens is 1. The summed E-state index contributed by atoms with van der Waals surface area (Å²) in [6.07, 6.45) is 0. The zero-order chi connectivity index (χ0) is 18.9. The molecule has 0 amide bonds. The number of hydrogen-bond acceptors (Lipinski definition) is 6. The van der Waals surface area contributed by atoms with E-state index in [9.17, 15) is 13.7 Å². The maximum absolute atomic E-state index is 12.9. The van der Waals surface area contributed by atoms with Crippen molar-refractivity contribution in [2.24, 2.45) is 0 Å². The molecule has 1 saturated heterocycles. The molecule has 1 aromatic heterocycles. The van der Waals surface area contributed by atoms with Gasteiger partial charge in [0.05, 0.1) is 6.07 Å². The van der Waals surface area contributed by atoms with Crippen LogP contribution in [-0.2, 0) is 10.0 Å². The molecule has 1 aliphatic rings. The van der Waals surface area contributed by atoms with Gasteiger partial charge in [0.1, 0.15) is 16.6 Å². The van der Waals surface area contributed by atoms with Crippen LogP contribution in [0.4, 0.5) is 0 Å². The molecule has 0 spiro atoms. The Morgan fingerprint density at radius 3 is 2.50 bits per heavy atom. The number of hydrogen-bond donors (Lipinski definition) is 0. The van der Waals surface area contributed by atoms with E-state index in [-0.39, 0.29) is 4.90 Å². The predicted octanol–water partition coefficient (Wildman–Crippen LogP) is 2.52. The largest absolute Gasteiger partial charge is 0.360 e. The van der Waals surface area contributed by atoms with Crippen LogP contribution >= 0.6 is 11.6 Å². The molecule has 1 unspecified atom stereocenters. The number of nitrogens with zero attached hydrogens (tertiary/aromatic N) is 4. The quantitative estimate of drug-likeness (QED) is 0.791. The van der Waals surface area contributed by atoms with Gasteiger partial charge in [-0.25, -0.2) is 8.42 Å². The van der Waals surface area contributed by atoms with E-state index < -0.39 is 16.1 Å². The molecular weight excluding hydrogens is 376 g/mol. The third-order valence-corrected chi connectivity index (χ3v) is 6.87. The molecular formula is C17H19ClN4O3S. The van der Waals surface area contributed by atoms with E-state index in [2.05, 4.69) is 11.2 Å². The lowest BCUT2D eigenvalue weighted by atomic mass is 10.1. The average Bonchev–Trinajstić information content (AvgIpc) is 2.95. The van der Waals surface area contributed by atoms with Gasteiger partial charge in [-0.15, -0.1) is 0 Å². The maximum atomic E-state index is 12.9. The molecule has 0 N–H and O–H groups in total. The zero-order valence-corrected chi connectivity index (χ0v) is 16.1. The molecule has 1 atom stereocenters. The van der Waals surface area contributed by atoms with Crippen molar-refractivity contribution in [3.8, 4) is 6.07 Å². The van der Waals surface area contributed by atoms with E-state index in [0.29, 0.717) is 42.7 Å². The summed E-state index contributed by atoms with van der Waals surface area (Å²) in [6, 6.07) is 9.01. The zero-order valence-electron chi connectivity index (χ0n) is 14.5. The highest BCUT2D eigenvalue weighted by Crippen LogP contribution is 2.27. The standard InChI is InChI=1S/C17H19ClN4O3S/c1-12-17(13(2)25-20-12)26(23,24)22-8-6-21(7-9-22)16(11-19)14-4-3-5-15(18)10-14/h3-5,10,16H,6-9H2,1-2H3. The Balaban J connectivity index is 1.76. The number of rotatable bonds is 4. The molecule has 1 aliphatic heterocycles. The molecule has 1 fully saturated rings. The highest BCUT2D eigenvalue weighted by Gasteiger charge is 2.35. The first-order valence-electron chi connectivity index (χ1n) is 8.16. The maximum Gasteiger partial charge on any atom is 0.248 e. The molecule has 0 aliphatic carbocycles. The van der Waals surface area contributed by atoms with Crippen molar-refractivity contribution in [3.63, 3.8) is 0 Å². The Morgan fingerprint density at radius 1 is 1.27 bits per heavy atom. The molecule has 0 saturated carbocycles. The van der Waals surface area contributed by atoms with Gasteiger partial charge in [-0.1, -0.05) is 28.9 Å². The monoisotopic (exact) mass is 394 g/mol. The number of nitriles is 1. The van der Waals surface area contributed by atoms with Crippen LogP contribution in [0, 0.1) is 25.2 Å². The molecule has 0 radical (unpaired) electrons. The molecule has 2 heterocycles. The summed E-state index contributed by atoms with van der Waals surface area (Å²) in [4.78, 5) is 2.10. The van der Waals surface area contributed by atoms with Gasteiger partial charge in [0.2, 0.25) is 10.0 Å². The highest BCUT2D eigenvalue weighted by molar-refractivity contribution is 7.89. The Bertz CT molecular complexity index is 924. The lowest BCUT2D eigenvalue weighted by molar-refractivity contribution is 0.162. The topological polar surface area (TPSA) is 90.4 Å². The van der Waals surface area contributed by atoms with Crippen LogP contribution in [0.5, 0.6) is 0 Å². The third kappa shape index (κ3) is 3.48. The van der Waals surface area contributed by atoms with Crippen LogP contribution in [0.15, 0.2) is 33.7 Å². The smallest absolute Gasteiger partial charge is 0.248 e. The minimum Gasteiger partial charge on any atom is -0.360 e. The number of piperazine rings is 1. The van der Waals surface area contributed by atoms with Gasteiger partial charge in [0.25, 0.3) is 0 Å². The Hall–Kier alpha value is -1.92. The molecule has 3 rings (SSSR count). The average molecular weight is 395 g/mol. The molecule has 2 aromatic rings. The van der Waals surface area contributed by atoms with Crippen LogP contribution in [0.3, 0.4) is 0 Å². The fourth-order valence-corrected chi connectivity index (χ4v) is 5.13. The minimum absolute atomic E-state index is 0.137. The van der Waals surface area contributed by atoms with Gasteiger partial charge < -0.3 is 4.52 Å². The second-order valence-electron chi connectivity index (χ2n) is 6.18.